The molecule has 1 heterocycles. The first-order valence-corrected chi connectivity index (χ1v) is 13.4. The zero-order chi connectivity index (χ0) is 25.5. The van der Waals surface area contributed by atoms with Gasteiger partial charge < -0.3 is 19.5 Å². The van der Waals surface area contributed by atoms with Crippen molar-refractivity contribution >= 4 is 16.1 Å². The fourth-order valence-electron chi connectivity index (χ4n) is 4.48. The highest BCUT2D eigenvalue weighted by Crippen LogP contribution is 2.40. The molecule has 1 aliphatic heterocycles. The van der Waals surface area contributed by atoms with Gasteiger partial charge in [0.15, 0.2) is 5.79 Å². The fourth-order valence-corrected chi connectivity index (χ4v) is 4.96. The van der Waals surface area contributed by atoms with Crippen LogP contribution in [0.2, 0.25) is 0 Å². The van der Waals surface area contributed by atoms with Gasteiger partial charge in [0.25, 0.3) is 10.1 Å². The fraction of sp³-hybridized carbons (Fsp3) is 0.500. The maximum absolute atomic E-state index is 12.5. The van der Waals surface area contributed by atoms with Gasteiger partial charge in [-0.3, -0.25) is 9.35 Å². The summed E-state index contributed by atoms with van der Waals surface area (Å²) in [6, 6.07) is 16.5. The molecule has 2 N–H and O–H groups in total. The van der Waals surface area contributed by atoms with Crippen LogP contribution in [0.1, 0.15) is 50.3 Å². The zero-order valence-electron chi connectivity index (χ0n) is 20.5. The molecule has 1 spiro atoms. The van der Waals surface area contributed by atoms with E-state index in [-0.39, 0.29) is 28.9 Å². The largest absolute Gasteiger partial charge is 0.466 e. The molecule has 2 aromatic rings. The zero-order valence-corrected chi connectivity index (χ0v) is 21.3. The van der Waals surface area contributed by atoms with Crippen LogP contribution in [0.3, 0.4) is 0 Å². The van der Waals surface area contributed by atoms with Crippen LogP contribution in [-0.2, 0) is 29.1 Å². The molecule has 9 heteroatoms. The summed E-state index contributed by atoms with van der Waals surface area (Å²) in [5, 5.41) is 3.62. The number of ether oxygens (including phenoxy) is 3. The Kier molecular flexibility index (Phi) is 9.43. The van der Waals surface area contributed by atoms with Crippen LogP contribution in [0.5, 0.6) is 0 Å². The van der Waals surface area contributed by atoms with E-state index in [0.717, 1.165) is 18.4 Å². The normalized spacial score (nSPS) is 22.2. The molecule has 0 aromatic heterocycles. The van der Waals surface area contributed by atoms with E-state index < -0.39 is 15.9 Å². The molecular formula is C26H35NO7S. The molecule has 192 valence electrons. The van der Waals surface area contributed by atoms with Crippen LogP contribution >= 0.6 is 0 Å². The number of esters is 1. The lowest BCUT2D eigenvalue weighted by Crippen LogP contribution is -2.51. The third-order valence-corrected chi connectivity index (χ3v) is 7.21. The highest BCUT2D eigenvalue weighted by molar-refractivity contribution is 7.85. The van der Waals surface area contributed by atoms with Crippen molar-refractivity contribution in [2.75, 3.05) is 19.8 Å². The Labute approximate surface area is 207 Å². The van der Waals surface area contributed by atoms with E-state index in [2.05, 4.69) is 24.4 Å². The molecule has 2 aliphatic rings. The molecule has 0 amide bonds. The number of rotatable bonds is 6. The van der Waals surface area contributed by atoms with Crippen molar-refractivity contribution in [2.24, 2.45) is 5.92 Å². The monoisotopic (exact) mass is 505 g/mol. The number of nitrogens with one attached hydrogen (secondary N) is 1. The maximum Gasteiger partial charge on any atom is 0.310 e. The van der Waals surface area contributed by atoms with Gasteiger partial charge in [-0.2, -0.15) is 8.42 Å². The average Bonchev–Trinajstić information content (AvgIpc) is 3.29. The number of carbonyl (C=O) groups excluding carboxylic acids is 1. The second-order valence-corrected chi connectivity index (χ2v) is 10.3. The Morgan fingerprint density at radius 3 is 2.34 bits per heavy atom. The van der Waals surface area contributed by atoms with Gasteiger partial charge in [0.1, 0.15) is 0 Å². The summed E-state index contributed by atoms with van der Waals surface area (Å²) in [6.45, 7) is 7.42. The lowest BCUT2D eigenvalue weighted by molar-refractivity contribution is -0.199. The molecule has 2 fully saturated rings. The molecule has 0 radical (unpaired) electrons. The smallest absolute Gasteiger partial charge is 0.310 e. The summed E-state index contributed by atoms with van der Waals surface area (Å²) in [4.78, 5) is 12.4. The van der Waals surface area contributed by atoms with E-state index in [4.69, 9.17) is 18.8 Å². The molecule has 4 rings (SSSR count). The van der Waals surface area contributed by atoms with Gasteiger partial charge in [-0.15, -0.1) is 0 Å². The summed E-state index contributed by atoms with van der Waals surface area (Å²) in [6.07, 6.45) is 2.20. The van der Waals surface area contributed by atoms with Crippen LogP contribution in [0.15, 0.2) is 59.5 Å². The van der Waals surface area contributed by atoms with Crippen molar-refractivity contribution in [1.82, 2.24) is 5.32 Å². The van der Waals surface area contributed by atoms with Gasteiger partial charge in [0, 0.05) is 24.9 Å². The summed E-state index contributed by atoms with van der Waals surface area (Å²) in [7, 11) is -4.02. The molecule has 1 unspecified atom stereocenters. The molecular weight excluding hydrogens is 470 g/mol. The second kappa shape index (κ2) is 12.1. The number of aryl methyl sites for hydroxylation is 1. The summed E-state index contributed by atoms with van der Waals surface area (Å²) >= 11 is 0. The van der Waals surface area contributed by atoms with E-state index in [9.17, 15) is 13.2 Å². The molecule has 1 saturated carbocycles. The first-order chi connectivity index (χ1) is 16.6. The minimum Gasteiger partial charge on any atom is -0.466 e. The first kappa shape index (κ1) is 27.3. The van der Waals surface area contributed by atoms with E-state index in [1.54, 1.807) is 12.1 Å². The van der Waals surface area contributed by atoms with Crippen molar-refractivity contribution in [3.05, 3.63) is 65.7 Å². The van der Waals surface area contributed by atoms with Crippen LogP contribution in [0.25, 0.3) is 0 Å². The van der Waals surface area contributed by atoms with E-state index in [1.165, 1.54) is 17.7 Å². The third-order valence-electron chi connectivity index (χ3n) is 6.34. The lowest BCUT2D eigenvalue weighted by atomic mass is 9.80. The van der Waals surface area contributed by atoms with Crippen molar-refractivity contribution in [1.29, 1.82) is 0 Å². The average molecular weight is 506 g/mol. The highest BCUT2D eigenvalue weighted by atomic mass is 32.2. The molecule has 0 bridgehead atoms. The Morgan fingerprint density at radius 2 is 1.77 bits per heavy atom. The summed E-state index contributed by atoms with van der Waals surface area (Å²) in [5.41, 5.74) is 2.17. The quantitative estimate of drug-likeness (QED) is 0.447. The van der Waals surface area contributed by atoms with Gasteiger partial charge in [-0.25, -0.2) is 0 Å². The van der Waals surface area contributed by atoms with Gasteiger partial charge in [0.05, 0.1) is 30.6 Å². The van der Waals surface area contributed by atoms with Crippen molar-refractivity contribution in [2.45, 2.75) is 62.8 Å². The van der Waals surface area contributed by atoms with E-state index in [1.807, 2.05) is 32.0 Å². The topological polar surface area (TPSA) is 111 Å². The molecule has 2 aromatic carbocycles. The Bertz CT molecular complexity index is 1050. The van der Waals surface area contributed by atoms with Crippen molar-refractivity contribution in [3.63, 3.8) is 0 Å². The number of benzene rings is 2. The minimum atomic E-state index is -4.02. The summed E-state index contributed by atoms with van der Waals surface area (Å²) < 4.78 is 46.5. The van der Waals surface area contributed by atoms with Crippen LogP contribution in [0, 0.1) is 12.8 Å². The Balaban J connectivity index is 0.000000261. The molecule has 35 heavy (non-hydrogen) atoms. The van der Waals surface area contributed by atoms with Crippen LogP contribution in [-0.4, -0.2) is 50.6 Å². The lowest BCUT2D eigenvalue weighted by Gasteiger charge is -2.41. The SMILES string of the molecule is CCOC(=O)[C@@H]1CC2(CC[C@@H]1NC(C)c1ccccc1)OCCO2.Cc1ccc(S(=O)(=O)O)cc1. The Morgan fingerprint density at radius 1 is 1.14 bits per heavy atom. The number of hydrogen-bond acceptors (Lipinski definition) is 7. The minimum absolute atomic E-state index is 0.0666. The second-order valence-electron chi connectivity index (χ2n) is 8.90. The predicted molar refractivity (Wildman–Crippen MR) is 131 cm³/mol. The predicted octanol–water partition coefficient (Wildman–Crippen LogP) is 4.05. The van der Waals surface area contributed by atoms with Crippen molar-refractivity contribution < 1.29 is 32.0 Å². The highest BCUT2D eigenvalue weighted by Gasteiger charge is 2.48. The summed E-state index contributed by atoms with van der Waals surface area (Å²) in [5.74, 6) is -0.998. The van der Waals surface area contributed by atoms with E-state index in [0.29, 0.717) is 26.2 Å². The molecule has 1 aliphatic carbocycles. The molecule has 1 saturated heterocycles. The standard InChI is InChI=1S/C19H27NO4.C7H8O3S/c1-3-22-18(21)16-13-19(23-11-12-24-19)10-9-17(16)20-14(2)15-7-5-4-6-8-15;1-6-2-4-7(5-3-6)11(8,9)10/h4-8,14,16-17,20H,3,9-13H2,1-2H3;2-5H,1H3,(H,8,9,10)/t14?,16-,17+;/m1./s1. The van der Waals surface area contributed by atoms with Gasteiger partial charge in [-0.1, -0.05) is 48.0 Å². The molecule has 3 atom stereocenters. The number of carbonyl (C=O) groups is 1. The van der Waals surface area contributed by atoms with Gasteiger partial charge in [0.2, 0.25) is 0 Å². The number of hydrogen-bond donors (Lipinski definition) is 2. The van der Waals surface area contributed by atoms with Crippen molar-refractivity contribution in [3.8, 4) is 0 Å². The van der Waals surface area contributed by atoms with E-state index >= 15 is 0 Å². The van der Waals surface area contributed by atoms with Gasteiger partial charge >= 0.3 is 5.97 Å². The third kappa shape index (κ3) is 7.59. The van der Waals surface area contributed by atoms with Crippen LogP contribution in [0.4, 0.5) is 0 Å². The van der Waals surface area contributed by atoms with Gasteiger partial charge in [-0.05, 0) is 44.9 Å². The first-order valence-electron chi connectivity index (χ1n) is 11.9. The maximum atomic E-state index is 12.5. The van der Waals surface area contributed by atoms with Crippen LogP contribution < -0.4 is 5.32 Å². The Hall–Kier alpha value is -2.30. The molecule has 8 nitrogen and oxygen atoms in total.